The van der Waals surface area contributed by atoms with Gasteiger partial charge in [-0.2, -0.15) is 0 Å². The molecule has 0 bridgehead atoms. The van der Waals surface area contributed by atoms with Crippen molar-refractivity contribution in [1.82, 2.24) is 0 Å². The predicted octanol–water partition coefficient (Wildman–Crippen LogP) is 0.180. The number of rotatable bonds is 4. The van der Waals surface area contributed by atoms with Gasteiger partial charge in [-0.1, -0.05) is 0 Å². The summed E-state index contributed by atoms with van der Waals surface area (Å²) >= 11 is 0. The zero-order chi connectivity index (χ0) is 9.97. The second-order valence-corrected chi connectivity index (χ2v) is 3.85. The van der Waals surface area contributed by atoms with Gasteiger partial charge in [0.15, 0.2) is 0 Å². The van der Waals surface area contributed by atoms with E-state index < -0.39 is 0 Å². The summed E-state index contributed by atoms with van der Waals surface area (Å²) < 4.78 is 5.74. The molecule has 2 aliphatic rings. The maximum atomic E-state index is 5.74. The number of aliphatic imine (C=N–C) groups is 1. The fraction of sp³-hybridized carbons (Fsp3) is 0.700. The molecule has 78 valence electrons. The zero-order valence-corrected chi connectivity index (χ0v) is 8.28. The third-order valence-corrected chi connectivity index (χ3v) is 2.44. The average Bonchev–Trinajstić information content (AvgIpc) is 3.01. The lowest BCUT2D eigenvalue weighted by atomic mass is 10.1. The molecule has 0 spiro atoms. The van der Waals surface area contributed by atoms with Crippen LogP contribution in [0.2, 0.25) is 0 Å². The summed E-state index contributed by atoms with van der Waals surface area (Å²) in [6.45, 7) is 1.03. The maximum absolute atomic E-state index is 5.74. The summed E-state index contributed by atoms with van der Waals surface area (Å²) in [5.74, 6) is 1.01. The van der Waals surface area contributed by atoms with Crippen LogP contribution in [-0.2, 0) is 4.74 Å². The molecule has 4 N–H and O–H groups in total. The van der Waals surface area contributed by atoms with E-state index in [2.05, 4.69) is 4.99 Å². The van der Waals surface area contributed by atoms with Gasteiger partial charge in [0.05, 0.1) is 17.9 Å². The van der Waals surface area contributed by atoms with Crippen LogP contribution in [-0.4, -0.2) is 30.9 Å². The van der Waals surface area contributed by atoms with Gasteiger partial charge in [-0.05, 0) is 18.9 Å². The van der Waals surface area contributed by atoms with E-state index in [1.54, 1.807) is 0 Å². The largest absolute Gasteiger partial charge is 0.495 e. The molecule has 14 heavy (non-hydrogen) atoms. The molecule has 1 fully saturated rings. The molecule has 4 heteroatoms. The van der Waals surface area contributed by atoms with Gasteiger partial charge in [-0.15, -0.1) is 0 Å². The highest BCUT2D eigenvalue weighted by molar-refractivity contribution is 5.97. The van der Waals surface area contributed by atoms with Crippen molar-refractivity contribution in [3.05, 3.63) is 11.8 Å². The van der Waals surface area contributed by atoms with E-state index in [0.29, 0.717) is 19.2 Å². The van der Waals surface area contributed by atoms with Crippen LogP contribution < -0.4 is 11.5 Å². The van der Waals surface area contributed by atoms with Crippen LogP contribution in [0.1, 0.15) is 19.3 Å². The standard InChI is InChI=1S/C10H17N3O/c11-5-7-3-10(14-9-1-2-9)4-8(6-12)13-7/h3,8-9H,1-2,4-6,11-12H2. The summed E-state index contributed by atoms with van der Waals surface area (Å²) in [6, 6.07) is 0.160. The summed E-state index contributed by atoms with van der Waals surface area (Å²) in [5.41, 5.74) is 12.1. The van der Waals surface area contributed by atoms with Gasteiger partial charge < -0.3 is 16.2 Å². The Morgan fingerprint density at radius 1 is 1.43 bits per heavy atom. The van der Waals surface area contributed by atoms with E-state index in [-0.39, 0.29) is 6.04 Å². The molecule has 1 unspecified atom stereocenters. The smallest absolute Gasteiger partial charge is 0.100 e. The van der Waals surface area contributed by atoms with E-state index in [4.69, 9.17) is 16.2 Å². The van der Waals surface area contributed by atoms with Gasteiger partial charge in [0, 0.05) is 19.5 Å². The Bertz CT molecular complexity index is 269. The third kappa shape index (κ3) is 2.33. The normalized spacial score (nSPS) is 26.9. The van der Waals surface area contributed by atoms with Crippen LogP contribution in [0.3, 0.4) is 0 Å². The molecule has 4 nitrogen and oxygen atoms in total. The Kier molecular flexibility index (Phi) is 2.84. The second kappa shape index (κ2) is 4.11. The zero-order valence-electron chi connectivity index (χ0n) is 8.28. The summed E-state index contributed by atoms with van der Waals surface area (Å²) in [5, 5.41) is 0. The lowest BCUT2D eigenvalue weighted by Crippen LogP contribution is -2.27. The SMILES string of the molecule is NCC1=NC(CN)CC(OC2CC2)=C1. The van der Waals surface area contributed by atoms with E-state index in [1.807, 2.05) is 6.08 Å². The van der Waals surface area contributed by atoms with Crippen molar-refractivity contribution in [2.45, 2.75) is 31.4 Å². The van der Waals surface area contributed by atoms with Crippen LogP contribution in [0.25, 0.3) is 0 Å². The summed E-state index contributed by atoms with van der Waals surface area (Å²) in [7, 11) is 0. The molecule has 0 aromatic heterocycles. The molecule has 1 aliphatic heterocycles. The van der Waals surface area contributed by atoms with Crippen LogP contribution >= 0.6 is 0 Å². The topological polar surface area (TPSA) is 73.6 Å². The number of dihydropyridines is 1. The van der Waals surface area contributed by atoms with Gasteiger partial charge in [-0.3, -0.25) is 4.99 Å². The highest BCUT2D eigenvalue weighted by Crippen LogP contribution is 2.29. The third-order valence-electron chi connectivity index (χ3n) is 2.44. The first-order chi connectivity index (χ1) is 6.81. The van der Waals surface area contributed by atoms with Crippen molar-refractivity contribution in [3.63, 3.8) is 0 Å². The van der Waals surface area contributed by atoms with Crippen LogP contribution in [0.15, 0.2) is 16.8 Å². The van der Waals surface area contributed by atoms with E-state index in [1.165, 1.54) is 12.8 Å². The molecule has 1 heterocycles. The van der Waals surface area contributed by atoms with Crippen LogP contribution in [0, 0.1) is 0 Å². The number of hydrogen-bond acceptors (Lipinski definition) is 4. The molecule has 0 aromatic carbocycles. The first-order valence-corrected chi connectivity index (χ1v) is 5.16. The van der Waals surface area contributed by atoms with Gasteiger partial charge in [0.2, 0.25) is 0 Å². The first-order valence-electron chi connectivity index (χ1n) is 5.16. The molecule has 1 saturated carbocycles. The number of nitrogens with two attached hydrogens (primary N) is 2. The molecule has 0 saturated heterocycles. The van der Waals surface area contributed by atoms with Crippen molar-refractivity contribution in [2.24, 2.45) is 16.5 Å². The molecule has 1 aliphatic carbocycles. The molecule has 2 rings (SSSR count). The number of ether oxygens (including phenoxy) is 1. The minimum Gasteiger partial charge on any atom is -0.495 e. The second-order valence-electron chi connectivity index (χ2n) is 3.85. The molecular formula is C10H17N3O. The van der Waals surface area contributed by atoms with E-state index in [9.17, 15) is 0 Å². The van der Waals surface area contributed by atoms with E-state index in [0.717, 1.165) is 17.9 Å². The Morgan fingerprint density at radius 3 is 2.79 bits per heavy atom. The van der Waals surface area contributed by atoms with E-state index >= 15 is 0 Å². The van der Waals surface area contributed by atoms with Gasteiger partial charge in [0.1, 0.15) is 5.76 Å². The molecule has 0 amide bonds. The minimum atomic E-state index is 0.160. The Labute approximate surface area is 84.0 Å². The fourth-order valence-corrected chi connectivity index (χ4v) is 1.52. The summed E-state index contributed by atoms with van der Waals surface area (Å²) in [6.07, 6.45) is 5.59. The van der Waals surface area contributed by atoms with Gasteiger partial charge in [-0.25, -0.2) is 0 Å². The predicted molar refractivity (Wildman–Crippen MR) is 56.1 cm³/mol. The van der Waals surface area contributed by atoms with Crippen LogP contribution in [0.4, 0.5) is 0 Å². The molecular weight excluding hydrogens is 178 g/mol. The van der Waals surface area contributed by atoms with Crippen LogP contribution in [0.5, 0.6) is 0 Å². The Morgan fingerprint density at radius 2 is 2.21 bits per heavy atom. The summed E-state index contributed by atoms with van der Waals surface area (Å²) in [4.78, 5) is 4.41. The lowest BCUT2D eigenvalue weighted by molar-refractivity contribution is 0.183. The Balaban J connectivity index is 2.00. The first kappa shape index (κ1) is 9.68. The monoisotopic (exact) mass is 195 g/mol. The van der Waals surface area contributed by atoms with Gasteiger partial charge in [0.25, 0.3) is 0 Å². The molecule has 0 aromatic rings. The fourth-order valence-electron chi connectivity index (χ4n) is 1.52. The van der Waals surface area contributed by atoms with Crippen molar-refractivity contribution in [3.8, 4) is 0 Å². The van der Waals surface area contributed by atoms with Crippen molar-refractivity contribution in [1.29, 1.82) is 0 Å². The highest BCUT2D eigenvalue weighted by atomic mass is 16.5. The highest BCUT2D eigenvalue weighted by Gasteiger charge is 2.26. The average molecular weight is 195 g/mol. The minimum absolute atomic E-state index is 0.160. The molecule has 0 radical (unpaired) electrons. The number of nitrogens with zero attached hydrogens (tertiary/aromatic N) is 1. The molecule has 1 atom stereocenters. The van der Waals surface area contributed by atoms with Gasteiger partial charge >= 0.3 is 0 Å². The van der Waals surface area contributed by atoms with Crippen molar-refractivity contribution in [2.75, 3.05) is 13.1 Å². The quantitative estimate of drug-likeness (QED) is 0.672. The van der Waals surface area contributed by atoms with Crippen molar-refractivity contribution >= 4 is 5.71 Å². The van der Waals surface area contributed by atoms with Crippen molar-refractivity contribution < 1.29 is 4.74 Å². The Hall–Kier alpha value is -0.870. The number of hydrogen-bond donors (Lipinski definition) is 2. The maximum Gasteiger partial charge on any atom is 0.100 e. The lowest BCUT2D eigenvalue weighted by Gasteiger charge is -2.19.